The van der Waals surface area contributed by atoms with Gasteiger partial charge in [0.15, 0.2) is 5.78 Å². The van der Waals surface area contributed by atoms with Crippen LogP contribution in [0.2, 0.25) is 0 Å². The molecule has 2 rings (SSSR count). The zero-order chi connectivity index (χ0) is 13.7. The summed E-state index contributed by atoms with van der Waals surface area (Å²) in [5, 5.41) is 0. The Labute approximate surface area is 116 Å². The van der Waals surface area contributed by atoms with Crippen LogP contribution in [0.1, 0.15) is 48.5 Å². The van der Waals surface area contributed by atoms with Crippen molar-refractivity contribution in [3.05, 3.63) is 35.4 Å². The average Bonchev–Trinajstić information content (AvgIpc) is 2.86. The molecular weight excluding hydrogens is 236 g/mol. The van der Waals surface area contributed by atoms with Crippen LogP contribution in [0.15, 0.2) is 24.3 Å². The first-order valence-corrected chi connectivity index (χ1v) is 7.35. The van der Waals surface area contributed by atoms with Gasteiger partial charge in [-0.15, -0.1) is 0 Å². The van der Waals surface area contributed by atoms with Gasteiger partial charge in [-0.1, -0.05) is 37.6 Å². The maximum Gasteiger partial charge on any atom is 0.162 e. The van der Waals surface area contributed by atoms with Gasteiger partial charge >= 0.3 is 0 Å². The fourth-order valence-electron chi connectivity index (χ4n) is 3.15. The summed E-state index contributed by atoms with van der Waals surface area (Å²) in [6, 6.07) is 8.18. The standard InChI is InChI=1S/C17H24O2/c1-3-17(18)14-9-7-13(8-10-14)11-15-5-4-6-16(15)12-19-2/h7-10,15-16H,3-6,11-12H2,1-2H3/t15?,16-/m1/s1. The summed E-state index contributed by atoms with van der Waals surface area (Å²) >= 11 is 0. The molecule has 0 heterocycles. The van der Waals surface area contributed by atoms with E-state index in [-0.39, 0.29) is 5.78 Å². The highest BCUT2D eigenvalue weighted by atomic mass is 16.5. The second-order valence-corrected chi connectivity index (χ2v) is 5.58. The number of hydrogen-bond acceptors (Lipinski definition) is 2. The molecule has 104 valence electrons. The van der Waals surface area contributed by atoms with Gasteiger partial charge in [-0.05, 0) is 36.7 Å². The van der Waals surface area contributed by atoms with E-state index >= 15 is 0 Å². The van der Waals surface area contributed by atoms with E-state index in [0.29, 0.717) is 12.3 Å². The first kappa shape index (κ1) is 14.3. The largest absolute Gasteiger partial charge is 0.384 e. The summed E-state index contributed by atoms with van der Waals surface area (Å²) in [4.78, 5) is 11.6. The molecule has 1 aliphatic carbocycles. The van der Waals surface area contributed by atoms with E-state index in [9.17, 15) is 4.79 Å². The van der Waals surface area contributed by atoms with Gasteiger partial charge in [0.05, 0.1) is 0 Å². The van der Waals surface area contributed by atoms with Crippen LogP contribution in [0, 0.1) is 11.8 Å². The Kier molecular flexibility index (Phi) is 5.15. The van der Waals surface area contributed by atoms with Crippen molar-refractivity contribution >= 4 is 5.78 Å². The molecule has 1 aliphatic rings. The number of rotatable bonds is 6. The Morgan fingerprint density at radius 3 is 2.53 bits per heavy atom. The molecule has 2 heteroatoms. The number of hydrogen-bond donors (Lipinski definition) is 0. The van der Waals surface area contributed by atoms with Gasteiger partial charge in [0.25, 0.3) is 0 Å². The Morgan fingerprint density at radius 2 is 1.89 bits per heavy atom. The Balaban J connectivity index is 1.97. The molecule has 0 aliphatic heterocycles. The Bertz CT molecular complexity index is 408. The number of carbonyl (C=O) groups is 1. The summed E-state index contributed by atoms with van der Waals surface area (Å²) in [6.45, 7) is 2.79. The van der Waals surface area contributed by atoms with Crippen molar-refractivity contribution < 1.29 is 9.53 Å². The molecule has 0 spiro atoms. The minimum absolute atomic E-state index is 0.227. The summed E-state index contributed by atoms with van der Waals surface area (Å²) in [6.07, 6.45) is 5.63. The summed E-state index contributed by atoms with van der Waals surface area (Å²) < 4.78 is 5.31. The number of ketones is 1. The topological polar surface area (TPSA) is 26.3 Å². The molecule has 0 amide bonds. The molecule has 0 bridgehead atoms. The van der Waals surface area contributed by atoms with Crippen LogP contribution in [-0.2, 0) is 11.2 Å². The predicted octanol–water partition coefficient (Wildman–Crippen LogP) is 3.88. The molecule has 0 radical (unpaired) electrons. The van der Waals surface area contributed by atoms with E-state index in [1.807, 2.05) is 19.1 Å². The fraction of sp³-hybridized carbons (Fsp3) is 0.588. The number of benzene rings is 1. The molecule has 1 fully saturated rings. The Hall–Kier alpha value is -1.15. The van der Waals surface area contributed by atoms with Crippen molar-refractivity contribution in [2.75, 3.05) is 13.7 Å². The predicted molar refractivity (Wildman–Crippen MR) is 77.5 cm³/mol. The molecule has 0 N–H and O–H groups in total. The van der Waals surface area contributed by atoms with Gasteiger partial charge < -0.3 is 4.74 Å². The lowest BCUT2D eigenvalue weighted by Gasteiger charge is -2.18. The van der Waals surface area contributed by atoms with E-state index in [1.165, 1.54) is 24.8 Å². The monoisotopic (exact) mass is 260 g/mol. The maximum atomic E-state index is 11.6. The van der Waals surface area contributed by atoms with E-state index in [0.717, 1.165) is 24.5 Å². The second-order valence-electron chi connectivity index (χ2n) is 5.58. The highest BCUT2D eigenvalue weighted by molar-refractivity contribution is 5.95. The third-order valence-electron chi connectivity index (χ3n) is 4.29. The zero-order valence-electron chi connectivity index (χ0n) is 12.0. The van der Waals surface area contributed by atoms with E-state index in [2.05, 4.69) is 12.1 Å². The number of methoxy groups -OCH3 is 1. The van der Waals surface area contributed by atoms with Gasteiger partial charge in [-0.2, -0.15) is 0 Å². The second kappa shape index (κ2) is 6.85. The fourth-order valence-corrected chi connectivity index (χ4v) is 3.15. The van der Waals surface area contributed by atoms with Crippen molar-refractivity contribution in [1.82, 2.24) is 0 Å². The summed E-state index contributed by atoms with van der Waals surface area (Å²) in [5.74, 6) is 1.68. The number of carbonyl (C=O) groups excluding carboxylic acids is 1. The molecule has 1 saturated carbocycles. The van der Waals surface area contributed by atoms with Crippen molar-refractivity contribution in [3.63, 3.8) is 0 Å². The zero-order valence-corrected chi connectivity index (χ0v) is 12.0. The number of ether oxygens (including phenoxy) is 1. The normalized spacial score (nSPS) is 22.6. The lowest BCUT2D eigenvalue weighted by molar-refractivity contribution is 0.0988. The molecule has 1 aromatic rings. The molecular formula is C17H24O2. The van der Waals surface area contributed by atoms with Crippen LogP contribution in [0.4, 0.5) is 0 Å². The van der Waals surface area contributed by atoms with Gasteiger partial charge in [0.1, 0.15) is 0 Å². The molecule has 2 atom stereocenters. The van der Waals surface area contributed by atoms with Crippen LogP contribution in [0.5, 0.6) is 0 Å². The minimum atomic E-state index is 0.227. The van der Waals surface area contributed by atoms with Crippen LogP contribution in [0.3, 0.4) is 0 Å². The summed E-state index contributed by atoms with van der Waals surface area (Å²) in [7, 11) is 1.79. The van der Waals surface area contributed by atoms with E-state index in [1.54, 1.807) is 7.11 Å². The summed E-state index contributed by atoms with van der Waals surface area (Å²) in [5.41, 5.74) is 2.19. The Morgan fingerprint density at radius 1 is 1.21 bits per heavy atom. The first-order chi connectivity index (χ1) is 9.24. The number of Topliss-reactive ketones (excluding diaryl/α,β-unsaturated/α-hetero) is 1. The highest BCUT2D eigenvalue weighted by Crippen LogP contribution is 2.34. The minimum Gasteiger partial charge on any atom is -0.384 e. The van der Waals surface area contributed by atoms with Crippen molar-refractivity contribution in [2.45, 2.75) is 39.0 Å². The van der Waals surface area contributed by atoms with Crippen molar-refractivity contribution in [3.8, 4) is 0 Å². The quantitative estimate of drug-likeness (QED) is 0.725. The van der Waals surface area contributed by atoms with Gasteiger partial charge in [0.2, 0.25) is 0 Å². The highest BCUT2D eigenvalue weighted by Gasteiger charge is 2.27. The molecule has 0 aromatic heterocycles. The average molecular weight is 260 g/mol. The van der Waals surface area contributed by atoms with Crippen LogP contribution in [-0.4, -0.2) is 19.5 Å². The molecule has 1 aromatic carbocycles. The van der Waals surface area contributed by atoms with Crippen LogP contribution < -0.4 is 0 Å². The van der Waals surface area contributed by atoms with Gasteiger partial charge in [0, 0.05) is 25.7 Å². The van der Waals surface area contributed by atoms with Crippen molar-refractivity contribution in [2.24, 2.45) is 11.8 Å². The van der Waals surface area contributed by atoms with Crippen LogP contribution >= 0.6 is 0 Å². The van der Waals surface area contributed by atoms with E-state index in [4.69, 9.17) is 4.74 Å². The lowest BCUT2D eigenvalue weighted by atomic mass is 9.89. The molecule has 0 saturated heterocycles. The smallest absolute Gasteiger partial charge is 0.162 e. The van der Waals surface area contributed by atoms with Gasteiger partial charge in [-0.3, -0.25) is 4.79 Å². The lowest BCUT2D eigenvalue weighted by Crippen LogP contribution is -2.16. The third-order valence-corrected chi connectivity index (χ3v) is 4.29. The van der Waals surface area contributed by atoms with Gasteiger partial charge in [-0.25, -0.2) is 0 Å². The maximum absolute atomic E-state index is 11.6. The van der Waals surface area contributed by atoms with Crippen molar-refractivity contribution in [1.29, 1.82) is 0 Å². The van der Waals surface area contributed by atoms with E-state index < -0.39 is 0 Å². The van der Waals surface area contributed by atoms with Crippen LogP contribution in [0.25, 0.3) is 0 Å². The molecule has 19 heavy (non-hydrogen) atoms. The third kappa shape index (κ3) is 3.66. The SMILES string of the molecule is CCC(=O)c1ccc(CC2CCC[C@@H]2COC)cc1. The molecule has 1 unspecified atom stereocenters. The molecule has 2 nitrogen and oxygen atoms in total. The first-order valence-electron chi connectivity index (χ1n) is 7.35.